The first-order valence-corrected chi connectivity index (χ1v) is 9.84. The van der Waals surface area contributed by atoms with Crippen LogP contribution in [0.25, 0.3) is 0 Å². The average molecular weight is 386 g/mol. The van der Waals surface area contributed by atoms with Crippen molar-refractivity contribution in [3.05, 3.63) is 29.8 Å². The highest BCUT2D eigenvalue weighted by Crippen LogP contribution is 2.14. The van der Waals surface area contributed by atoms with Crippen LogP contribution in [0.4, 0.5) is 0 Å². The van der Waals surface area contributed by atoms with Gasteiger partial charge in [0, 0.05) is 13.1 Å². The van der Waals surface area contributed by atoms with Gasteiger partial charge in [0.05, 0.1) is 18.0 Å². The first-order chi connectivity index (χ1) is 11.9. The Morgan fingerprint density at radius 1 is 1.31 bits per heavy atom. The van der Waals surface area contributed by atoms with Gasteiger partial charge in [-0.15, -0.1) is 0 Å². The standard InChI is InChI=1S/C10H23N5.C7H8O3S/c1-10(2,8-14(3)4)7-13-9-12-5-6-15(9)11;1-6-2-4-7(5-3-6)11(8,9)10/h5-8,11H2,1-4H3,(H,12,13);2-5H,1H3,(H,8,9,10). The van der Waals surface area contributed by atoms with Gasteiger partial charge in [0.2, 0.25) is 5.96 Å². The van der Waals surface area contributed by atoms with Crippen LogP contribution in [0.1, 0.15) is 19.4 Å². The van der Waals surface area contributed by atoms with Crippen LogP contribution in [0, 0.1) is 12.3 Å². The number of benzene rings is 1. The summed E-state index contributed by atoms with van der Waals surface area (Å²) in [5.41, 5.74) is 1.17. The molecule has 148 valence electrons. The molecule has 0 radical (unpaired) electrons. The lowest BCUT2D eigenvalue weighted by molar-refractivity contribution is 0.239. The molecule has 0 atom stereocenters. The highest BCUT2D eigenvalue weighted by molar-refractivity contribution is 7.85. The third-order valence-corrected chi connectivity index (χ3v) is 4.53. The highest BCUT2D eigenvalue weighted by Gasteiger charge is 2.21. The first kappa shape index (κ1) is 22.4. The van der Waals surface area contributed by atoms with Crippen LogP contribution in [-0.2, 0) is 10.1 Å². The van der Waals surface area contributed by atoms with E-state index in [1.165, 1.54) is 12.1 Å². The van der Waals surface area contributed by atoms with E-state index in [-0.39, 0.29) is 10.3 Å². The number of hydrogen-bond acceptors (Lipinski definition) is 7. The van der Waals surface area contributed by atoms with Gasteiger partial charge < -0.3 is 10.2 Å². The van der Waals surface area contributed by atoms with E-state index < -0.39 is 10.1 Å². The number of aryl methyl sites for hydroxylation is 1. The Kier molecular flexibility index (Phi) is 8.01. The Labute approximate surface area is 156 Å². The molecular formula is C17H31N5O3S. The molecule has 0 aromatic heterocycles. The zero-order chi connectivity index (χ0) is 20.0. The molecule has 9 heteroatoms. The molecule has 4 N–H and O–H groups in total. The fraction of sp³-hybridized carbons (Fsp3) is 0.588. The van der Waals surface area contributed by atoms with Gasteiger partial charge in [-0.3, -0.25) is 14.6 Å². The molecule has 0 spiro atoms. The van der Waals surface area contributed by atoms with E-state index in [0.717, 1.165) is 37.7 Å². The molecule has 8 nitrogen and oxygen atoms in total. The van der Waals surface area contributed by atoms with E-state index >= 15 is 0 Å². The maximum atomic E-state index is 10.5. The number of hydrazine groups is 1. The summed E-state index contributed by atoms with van der Waals surface area (Å²) >= 11 is 0. The molecule has 0 unspecified atom stereocenters. The molecule has 0 amide bonds. The summed E-state index contributed by atoms with van der Waals surface area (Å²) in [6.07, 6.45) is 0. The van der Waals surface area contributed by atoms with Gasteiger partial charge in [-0.1, -0.05) is 31.5 Å². The minimum absolute atomic E-state index is 0.0666. The molecule has 1 aliphatic heterocycles. The van der Waals surface area contributed by atoms with Crippen LogP contribution in [0.15, 0.2) is 34.2 Å². The number of nitrogens with one attached hydrogen (secondary N) is 1. The van der Waals surface area contributed by atoms with Crippen molar-refractivity contribution in [1.82, 2.24) is 15.2 Å². The van der Waals surface area contributed by atoms with Crippen molar-refractivity contribution in [2.24, 2.45) is 16.3 Å². The molecular weight excluding hydrogens is 354 g/mol. The summed E-state index contributed by atoms with van der Waals surface area (Å²) in [7, 11) is 0.155. The molecule has 0 saturated carbocycles. The summed E-state index contributed by atoms with van der Waals surface area (Å²) in [5, 5.41) is 4.97. The Morgan fingerprint density at radius 3 is 2.31 bits per heavy atom. The third kappa shape index (κ3) is 8.13. The Bertz CT molecular complexity index is 700. The molecule has 0 saturated heterocycles. The van der Waals surface area contributed by atoms with Gasteiger partial charge in [0.25, 0.3) is 10.1 Å². The summed E-state index contributed by atoms with van der Waals surface area (Å²) in [4.78, 5) is 6.42. The van der Waals surface area contributed by atoms with Crippen molar-refractivity contribution >= 4 is 16.1 Å². The van der Waals surface area contributed by atoms with Gasteiger partial charge in [0.1, 0.15) is 0 Å². The maximum absolute atomic E-state index is 10.5. The monoisotopic (exact) mass is 385 g/mol. The topological polar surface area (TPSA) is 111 Å². The molecule has 1 heterocycles. The number of guanidine groups is 1. The predicted octanol–water partition coefficient (Wildman–Crippen LogP) is 0.951. The molecule has 26 heavy (non-hydrogen) atoms. The van der Waals surface area contributed by atoms with Crippen molar-refractivity contribution in [2.45, 2.75) is 25.7 Å². The maximum Gasteiger partial charge on any atom is 0.294 e. The van der Waals surface area contributed by atoms with Crippen molar-refractivity contribution in [3.8, 4) is 0 Å². The van der Waals surface area contributed by atoms with E-state index in [2.05, 4.69) is 43.2 Å². The number of nitrogens with zero attached hydrogens (tertiary/aromatic N) is 3. The fourth-order valence-corrected chi connectivity index (χ4v) is 3.04. The molecule has 1 aromatic carbocycles. The lowest BCUT2D eigenvalue weighted by atomic mass is 9.93. The molecule has 1 aliphatic rings. The van der Waals surface area contributed by atoms with E-state index in [0.29, 0.717) is 0 Å². The van der Waals surface area contributed by atoms with Gasteiger partial charge >= 0.3 is 0 Å². The predicted molar refractivity (Wildman–Crippen MR) is 105 cm³/mol. The Balaban J connectivity index is 0.000000273. The van der Waals surface area contributed by atoms with Crippen LogP contribution >= 0.6 is 0 Å². The van der Waals surface area contributed by atoms with Gasteiger partial charge in [0.15, 0.2) is 0 Å². The van der Waals surface area contributed by atoms with Crippen LogP contribution < -0.4 is 11.2 Å². The fourth-order valence-electron chi connectivity index (χ4n) is 2.56. The number of rotatable bonds is 5. The normalized spacial score (nSPS) is 14.8. The van der Waals surface area contributed by atoms with Gasteiger partial charge in [-0.05, 0) is 38.6 Å². The highest BCUT2D eigenvalue weighted by atomic mass is 32.2. The van der Waals surface area contributed by atoms with Gasteiger partial charge in [-0.25, -0.2) is 5.84 Å². The van der Waals surface area contributed by atoms with Crippen molar-refractivity contribution in [2.75, 3.05) is 40.3 Å². The largest absolute Gasteiger partial charge is 0.355 e. The lowest BCUT2D eigenvalue weighted by Gasteiger charge is -2.29. The summed E-state index contributed by atoms with van der Waals surface area (Å²) < 4.78 is 29.6. The second-order valence-electron chi connectivity index (χ2n) is 7.44. The minimum atomic E-state index is -4.02. The number of nitrogens with two attached hydrogens (primary N) is 1. The van der Waals surface area contributed by atoms with E-state index in [1.807, 2.05) is 6.92 Å². The third-order valence-electron chi connectivity index (χ3n) is 3.66. The van der Waals surface area contributed by atoms with Crippen molar-refractivity contribution in [1.29, 1.82) is 0 Å². The molecule has 0 aliphatic carbocycles. The van der Waals surface area contributed by atoms with E-state index in [4.69, 9.17) is 10.4 Å². The Hall–Kier alpha value is -1.68. The smallest absolute Gasteiger partial charge is 0.294 e. The molecule has 1 aromatic rings. The minimum Gasteiger partial charge on any atom is -0.355 e. The van der Waals surface area contributed by atoms with E-state index in [1.54, 1.807) is 17.1 Å². The molecule has 0 fully saturated rings. The Morgan fingerprint density at radius 2 is 1.88 bits per heavy atom. The molecule has 2 rings (SSSR count). The summed E-state index contributed by atoms with van der Waals surface area (Å²) in [6.45, 7) is 9.85. The zero-order valence-corrected chi connectivity index (χ0v) is 17.0. The summed E-state index contributed by atoms with van der Waals surface area (Å²) in [5.74, 6) is 6.56. The first-order valence-electron chi connectivity index (χ1n) is 8.40. The number of aliphatic imine (C=N–C) groups is 1. The van der Waals surface area contributed by atoms with Crippen molar-refractivity contribution < 1.29 is 13.0 Å². The van der Waals surface area contributed by atoms with E-state index in [9.17, 15) is 8.42 Å². The average Bonchev–Trinajstić information content (AvgIpc) is 2.89. The SMILES string of the molecule is CN(C)CC(C)(C)CNC1=NCCN1N.Cc1ccc(S(=O)(=O)O)cc1. The van der Waals surface area contributed by atoms with Crippen LogP contribution in [-0.4, -0.2) is 69.1 Å². The van der Waals surface area contributed by atoms with Gasteiger partial charge in [-0.2, -0.15) is 8.42 Å². The number of hydrogen-bond donors (Lipinski definition) is 3. The quantitative estimate of drug-likeness (QED) is 0.511. The van der Waals surface area contributed by atoms with Crippen LogP contribution in [0.5, 0.6) is 0 Å². The second-order valence-corrected chi connectivity index (χ2v) is 8.86. The second kappa shape index (κ2) is 9.31. The molecule has 0 bridgehead atoms. The lowest BCUT2D eigenvalue weighted by Crippen LogP contribution is -2.47. The van der Waals surface area contributed by atoms with Crippen LogP contribution in [0.2, 0.25) is 0 Å². The zero-order valence-electron chi connectivity index (χ0n) is 16.2. The summed E-state index contributed by atoms with van der Waals surface area (Å²) in [6, 6.07) is 5.99. The van der Waals surface area contributed by atoms with Crippen LogP contribution in [0.3, 0.4) is 0 Å². The van der Waals surface area contributed by atoms with Crippen molar-refractivity contribution in [3.63, 3.8) is 0 Å².